The van der Waals surface area contributed by atoms with Crippen LogP contribution in [0.1, 0.15) is 28.9 Å². The SMILES string of the molecule is CNC(=O)c1cc(Oc2cc(C)ccc2NC(=O)CNCC2CC2)ccn1.Cl.Cl. The summed E-state index contributed by atoms with van der Waals surface area (Å²) in [5, 5.41) is 8.58. The van der Waals surface area contributed by atoms with Crippen molar-refractivity contribution >= 4 is 42.3 Å². The van der Waals surface area contributed by atoms with Crippen LogP contribution in [0.3, 0.4) is 0 Å². The summed E-state index contributed by atoms with van der Waals surface area (Å²) in [5.74, 6) is 1.29. The zero-order valence-corrected chi connectivity index (χ0v) is 18.0. The van der Waals surface area contributed by atoms with E-state index in [4.69, 9.17) is 4.74 Å². The molecule has 2 amide bonds. The maximum atomic E-state index is 12.2. The Balaban J connectivity index is 0.00000210. The van der Waals surface area contributed by atoms with Gasteiger partial charge >= 0.3 is 0 Å². The third-order valence-corrected chi connectivity index (χ3v) is 4.25. The second kappa shape index (κ2) is 11.6. The number of anilines is 1. The Morgan fingerprint density at radius 1 is 1.17 bits per heavy atom. The van der Waals surface area contributed by atoms with Gasteiger partial charge in [0.15, 0.2) is 5.75 Å². The van der Waals surface area contributed by atoms with Crippen LogP contribution in [0.15, 0.2) is 36.5 Å². The minimum Gasteiger partial charge on any atom is -0.455 e. The molecule has 1 aromatic carbocycles. The molecule has 3 rings (SSSR count). The number of benzene rings is 1. The molecule has 0 aliphatic heterocycles. The number of pyridine rings is 1. The van der Waals surface area contributed by atoms with Gasteiger partial charge < -0.3 is 20.7 Å². The highest BCUT2D eigenvalue weighted by Crippen LogP contribution is 2.31. The molecule has 3 N–H and O–H groups in total. The smallest absolute Gasteiger partial charge is 0.269 e. The van der Waals surface area contributed by atoms with Gasteiger partial charge in [0.25, 0.3) is 5.91 Å². The van der Waals surface area contributed by atoms with Gasteiger partial charge in [0, 0.05) is 19.3 Å². The molecule has 158 valence electrons. The highest BCUT2D eigenvalue weighted by Gasteiger charge is 2.20. The van der Waals surface area contributed by atoms with Gasteiger partial charge in [-0.1, -0.05) is 6.07 Å². The molecule has 0 unspecified atom stereocenters. The lowest BCUT2D eigenvalue weighted by atomic mass is 10.2. The van der Waals surface area contributed by atoms with E-state index in [-0.39, 0.29) is 48.9 Å². The number of nitrogens with one attached hydrogen (secondary N) is 3. The van der Waals surface area contributed by atoms with Gasteiger partial charge in [0.1, 0.15) is 11.4 Å². The number of rotatable bonds is 8. The van der Waals surface area contributed by atoms with Crippen LogP contribution in [0.25, 0.3) is 0 Å². The molecule has 7 nitrogen and oxygen atoms in total. The van der Waals surface area contributed by atoms with Crippen LogP contribution in [0.5, 0.6) is 11.5 Å². The summed E-state index contributed by atoms with van der Waals surface area (Å²) in [6.45, 7) is 3.09. The third kappa shape index (κ3) is 7.53. The van der Waals surface area contributed by atoms with Crippen LogP contribution in [0, 0.1) is 12.8 Å². The lowest BCUT2D eigenvalue weighted by Crippen LogP contribution is -2.29. The minimum atomic E-state index is -0.292. The van der Waals surface area contributed by atoms with Crippen molar-refractivity contribution in [2.24, 2.45) is 5.92 Å². The van der Waals surface area contributed by atoms with E-state index in [1.54, 1.807) is 19.2 Å². The van der Waals surface area contributed by atoms with Crippen LogP contribution in [-0.4, -0.2) is 36.9 Å². The number of carbonyl (C=O) groups excluding carboxylic acids is 2. The molecular formula is C20H26Cl2N4O3. The van der Waals surface area contributed by atoms with Crippen LogP contribution in [0.4, 0.5) is 5.69 Å². The molecule has 0 radical (unpaired) electrons. The van der Waals surface area contributed by atoms with Crippen molar-refractivity contribution in [1.82, 2.24) is 15.6 Å². The van der Waals surface area contributed by atoms with E-state index in [1.807, 2.05) is 25.1 Å². The Bertz CT molecular complexity index is 844. The fraction of sp³-hybridized carbons (Fsp3) is 0.350. The van der Waals surface area contributed by atoms with Gasteiger partial charge in [-0.3, -0.25) is 14.6 Å². The first-order valence-electron chi connectivity index (χ1n) is 9.02. The van der Waals surface area contributed by atoms with Crippen molar-refractivity contribution in [3.8, 4) is 11.5 Å². The first kappa shape index (κ1) is 24.7. The monoisotopic (exact) mass is 440 g/mol. The number of halogens is 2. The van der Waals surface area contributed by atoms with E-state index in [9.17, 15) is 9.59 Å². The van der Waals surface area contributed by atoms with Crippen molar-refractivity contribution < 1.29 is 14.3 Å². The Morgan fingerprint density at radius 2 is 1.93 bits per heavy atom. The van der Waals surface area contributed by atoms with Gasteiger partial charge in [-0.15, -0.1) is 24.8 Å². The van der Waals surface area contributed by atoms with Crippen molar-refractivity contribution in [2.45, 2.75) is 19.8 Å². The summed E-state index contributed by atoms with van der Waals surface area (Å²) in [4.78, 5) is 28.0. The molecule has 0 bridgehead atoms. The summed E-state index contributed by atoms with van der Waals surface area (Å²) in [5.41, 5.74) is 1.84. The lowest BCUT2D eigenvalue weighted by Gasteiger charge is -2.14. The number of ether oxygens (including phenoxy) is 1. The standard InChI is InChI=1S/C20H24N4O3.2ClH/c1-13-3-6-16(24-19(25)12-22-11-14-4-5-14)18(9-13)27-15-7-8-23-17(10-15)20(26)21-2;;/h3,6-10,14,22H,4-5,11-12H2,1-2H3,(H,21,26)(H,24,25);2*1H. The fourth-order valence-corrected chi connectivity index (χ4v) is 2.58. The summed E-state index contributed by atoms with van der Waals surface area (Å²) >= 11 is 0. The molecule has 0 saturated heterocycles. The average Bonchev–Trinajstić information content (AvgIpc) is 3.48. The van der Waals surface area contributed by atoms with Crippen molar-refractivity contribution in [3.05, 3.63) is 47.8 Å². The quantitative estimate of drug-likeness (QED) is 0.585. The normalized spacial score (nSPS) is 12.2. The number of aromatic nitrogens is 1. The van der Waals surface area contributed by atoms with Crippen LogP contribution in [-0.2, 0) is 4.79 Å². The van der Waals surface area contributed by atoms with E-state index >= 15 is 0 Å². The van der Waals surface area contributed by atoms with E-state index in [1.165, 1.54) is 19.0 Å². The highest BCUT2D eigenvalue weighted by molar-refractivity contribution is 5.94. The predicted molar refractivity (Wildman–Crippen MR) is 118 cm³/mol. The number of carbonyl (C=O) groups is 2. The topological polar surface area (TPSA) is 92.4 Å². The van der Waals surface area contributed by atoms with E-state index in [2.05, 4.69) is 20.9 Å². The van der Waals surface area contributed by atoms with Gasteiger partial charge in [0.05, 0.1) is 12.2 Å². The first-order chi connectivity index (χ1) is 13.0. The highest BCUT2D eigenvalue weighted by atomic mass is 35.5. The maximum Gasteiger partial charge on any atom is 0.269 e. The van der Waals surface area contributed by atoms with Crippen LogP contribution in [0.2, 0.25) is 0 Å². The lowest BCUT2D eigenvalue weighted by molar-refractivity contribution is -0.115. The molecule has 0 atom stereocenters. The maximum absolute atomic E-state index is 12.2. The Morgan fingerprint density at radius 3 is 2.62 bits per heavy atom. The molecule has 1 saturated carbocycles. The Labute approximate surface area is 182 Å². The number of amides is 2. The second-order valence-corrected chi connectivity index (χ2v) is 6.68. The summed E-state index contributed by atoms with van der Waals surface area (Å²) < 4.78 is 5.92. The third-order valence-electron chi connectivity index (χ3n) is 4.25. The predicted octanol–water partition coefficient (Wildman–Crippen LogP) is 3.32. The van der Waals surface area contributed by atoms with Gasteiger partial charge in [-0.05, 0) is 56.0 Å². The zero-order valence-electron chi connectivity index (χ0n) is 16.4. The average molecular weight is 441 g/mol. The molecule has 1 aliphatic carbocycles. The number of hydrogen-bond acceptors (Lipinski definition) is 5. The second-order valence-electron chi connectivity index (χ2n) is 6.68. The molecule has 1 heterocycles. The van der Waals surface area contributed by atoms with Gasteiger partial charge in [-0.25, -0.2) is 0 Å². The molecule has 0 spiro atoms. The first-order valence-corrected chi connectivity index (χ1v) is 9.02. The zero-order chi connectivity index (χ0) is 19.2. The van der Waals surface area contributed by atoms with Crippen molar-refractivity contribution in [3.63, 3.8) is 0 Å². The van der Waals surface area contributed by atoms with Crippen molar-refractivity contribution in [2.75, 3.05) is 25.5 Å². The van der Waals surface area contributed by atoms with E-state index < -0.39 is 0 Å². The Hall–Kier alpha value is -2.35. The summed E-state index contributed by atoms with van der Waals surface area (Å²) in [7, 11) is 1.54. The summed E-state index contributed by atoms with van der Waals surface area (Å²) in [6.07, 6.45) is 4.00. The van der Waals surface area contributed by atoms with Crippen molar-refractivity contribution in [1.29, 1.82) is 0 Å². The fourth-order valence-electron chi connectivity index (χ4n) is 2.58. The van der Waals surface area contributed by atoms with Crippen LogP contribution >= 0.6 is 24.8 Å². The molecular weight excluding hydrogens is 415 g/mol. The molecule has 29 heavy (non-hydrogen) atoms. The molecule has 1 aliphatic rings. The summed E-state index contributed by atoms with van der Waals surface area (Å²) in [6, 6.07) is 8.78. The van der Waals surface area contributed by atoms with E-state index in [0.717, 1.165) is 18.0 Å². The molecule has 1 aromatic heterocycles. The largest absolute Gasteiger partial charge is 0.455 e. The molecule has 1 fully saturated rings. The molecule has 9 heteroatoms. The number of hydrogen-bond donors (Lipinski definition) is 3. The van der Waals surface area contributed by atoms with Crippen LogP contribution < -0.4 is 20.7 Å². The van der Waals surface area contributed by atoms with E-state index in [0.29, 0.717) is 17.2 Å². The van der Waals surface area contributed by atoms with Gasteiger partial charge in [-0.2, -0.15) is 0 Å². The minimum absolute atomic E-state index is 0. The Kier molecular flexibility index (Phi) is 9.88. The number of nitrogens with zero attached hydrogens (tertiary/aromatic N) is 1. The molecule has 2 aromatic rings. The van der Waals surface area contributed by atoms with Gasteiger partial charge in [0.2, 0.25) is 5.91 Å². The number of aryl methyl sites for hydroxylation is 1.